The number of anilines is 2. The fourth-order valence-electron chi connectivity index (χ4n) is 4.35. The van der Waals surface area contributed by atoms with E-state index in [2.05, 4.69) is 16.0 Å². The molecule has 4 rings (SSSR count). The van der Waals surface area contributed by atoms with Crippen molar-refractivity contribution in [2.45, 2.75) is 44.1 Å². The summed E-state index contributed by atoms with van der Waals surface area (Å²) >= 11 is 0. The third-order valence-electron chi connectivity index (χ3n) is 6.05. The van der Waals surface area contributed by atoms with E-state index in [-0.39, 0.29) is 17.2 Å². The molecule has 5 amide bonds. The maximum atomic E-state index is 13.1. The number of amides is 5. The van der Waals surface area contributed by atoms with Crippen LogP contribution in [0.5, 0.6) is 0 Å². The van der Waals surface area contributed by atoms with E-state index >= 15 is 0 Å². The minimum absolute atomic E-state index is 0.188. The predicted molar refractivity (Wildman–Crippen MR) is 120 cm³/mol. The zero-order valence-corrected chi connectivity index (χ0v) is 18.0. The van der Waals surface area contributed by atoms with Gasteiger partial charge in [-0.3, -0.25) is 19.3 Å². The summed E-state index contributed by atoms with van der Waals surface area (Å²) in [4.78, 5) is 51.8. The number of nitrogens with zero attached hydrogens (tertiary/aromatic N) is 1. The number of carbonyl (C=O) groups is 4. The van der Waals surface area contributed by atoms with E-state index in [1.165, 1.54) is 30.3 Å². The van der Waals surface area contributed by atoms with Crippen LogP contribution in [0.15, 0.2) is 48.5 Å². The van der Waals surface area contributed by atoms with Crippen LogP contribution in [0.1, 0.15) is 48.9 Å². The lowest BCUT2D eigenvalue weighted by Gasteiger charge is -2.24. The monoisotopic (exact) mass is 452 g/mol. The zero-order valence-electron chi connectivity index (χ0n) is 18.0. The summed E-state index contributed by atoms with van der Waals surface area (Å²) in [5.74, 6) is -1.88. The van der Waals surface area contributed by atoms with Gasteiger partial charge in [0.1, 0.15) is 17.9 Å². The van der Waals surface area contributed by atoms with E-state index in [1.54, 1.807) is 18.2 Å². The topological polar surface area (TPSA) is 108 Å². The van der Waals surface area contributed by atoms with Crippen LogP contribution in [0.25, 0.3) is 0 Å². The van der Waals surface area contributed by atoms with Gasteiger partial charge in [-0.2, -0.15) is 0 Å². The molecule has 2 aromatic carbocycles. The molecule has 0 aromatic heterocycles. The molecule has 3 N–H and O–H groups in total. The third-order valence-corrected chi connectivity index (χ3v) is 6.05. The molecule has 1 saturated carbocycles. The maximum absolute atomic E-state index is 13.1. The maximum Gasteiger partial charge on any atom is 0.325 e. The highest BCUT2D eigenvalue weighted by Gasteiger charge is 2.51. The second-order valence-electron chi connectivity index (χ2n) is 8.37. The molecule has 0 unspecified atom stereocenters. The first-order chi connectivity index (χ1) is 15.9. The molecule has 0 radical (unpaired) electrons. The number of para-hydroxylation sites is 1. The lowest BCUT2D eigenvalue weighted by molar-refractivity contribution is -0.134. The number of nitrogens with one attached hydrogen (secondary N) is 3. The largest absolute Gasteiger partial charge is 0.325 e. The Morgan fingerprint density at radius 1 is 0.939 bits per heavy atom. The number of carbonyl (C=O) groups excluding carboxylic acids is 4. The molecule has 9 heteroatoms. The fraction of sp³-hybridized carbons (Fsp3) is 0.333. The number of benzene rings is 2. The SMILES string of the molecule is O=C(CN1C(=O)NC2(CCCCCC2)C1=O)Nc1ccccc1C(=O)Nc1ccc(F)cc1. The number of hydrogen-bond donors (Lipinski definition) is 3. The quantitative estimate of drug-likeness (QED) is 0.602. The summed E-state index contributed by atoms with van der Waals surface area (Å²) in [6.07, 6.45) is 4.87. The van der Waals surface area contributed by atoms with Gasteiger partial charge in [0.15, 0.2) is 0 Å². The van der Waals surface area contributed by atoms with E-state index < -0.39 is 35.7 Å². The van der Waals surface area contributed by atoms with Gasteiger partial charge < -0.3 is 16.0 Å². The van der Waals surface area contributed by atoms with E-state index in [4.69, 9.17) is 0 Å². The van der Waals surface area contributed by atoms with Crippen LogP contribution in [0.2, 0.25) is 0 Å². The van der Waals surface area contributed by atoms with E-state index in [0.29, 0.717) is 18.5 Å². The van der Waals surface area contributed by atoms with E-state index in [0.717, 1.165) is 30.6 Å². The number of halogens is 1. The van der Waals surface area contributed by atoms with Gasteiger partial charge in [-0.1, -0.05) is 37.8 Å². The Hall–Kier alpha value is -3.75. The molecule has 0 atom stereocenters. The average Bonchev–Trinajstić information content (AvgIpc) is 2.95. The summed E-state index contributed by atoms with van der Waals surface area (Å²) in [6.45, 7) is -0.444. The van der Waals surface area contributed by atoms with Gasteiger partial charge in [0, 0.05) is 5.69 Å². The predicted octanol–water partition coefficient (Wildman–Crippen LogP) is 3.66. The normalized spacial score (nSPS) is 17.4. The molecule has 2 fully saturated rings. The molecule has 0 bridgehead atoms. The lowest BCUT2D eigenvalue weighted by Crippen LogP contribution is -2.47. The highest BCUT2D eigenvalue weighted by Crippen LogP contribution is 2.32. The van der Waals surface area contributed by atoms with Crippen molar-refractivity contribution in [3.8, 4) is 0 Å². The standard InChI is InChI=1S/C24H25FN4O4/c25-16-9-11-17(12-10-16)26-21(31)18-7-3-4-8-19(18)27-20(30)15-29-22(32)24(28-23(29)33)13-5-1-2-6-14-24/h3-4,7-12H,1-2,5-6,13-15H2,(H,26,31)(H,27,30)(H,28,33). The van der Waals surface area contributed by atoms with Crippen molar-refractivity contribution in [3.63, 3.8) is 0 Å². The average molecular weight is 452 g/mol. The molecule has 1 heterocycles. The molecule has 172 valence electrons. The zero-order chi connectivity index (χ0) is 23.4. The second-order valence-corrected chi connectivity index (χ2v) is 8.37. The van der Waals surface area contributed by atoms with Crippen molar-refractivity contribution >= 4 is 35.1 Å². The number of hydrogen-bond acceptors (Lipinski definition) is 4. The van der Waals surface area contributed by atoms with Crippen molar-refractivity contribution < 1.29 is 23.6 Å². The molecule has 33 heavy (non-hydrogen) atoms. The Morgan fingerprint density at radius 3 is 2.30 bits per heavy atom. The molecule has 2 aliphatic rings. The van der Waals surface area contributed by atoms with Crippen molar-refractivity contribution in [3.05, 3.63) is 59.9 Å². The summed E-state index contributed by atoms with van der Waals surface area (Å²) < 4.78 is 13.1. The first kappa shape index (κ1) is 22.4. The Morgan fingerprint density at radius 2 is 1.61 bits per heavy atom. The minimum atomic E-state index is -0.916. The molecule has 1 aliphatic carbocycles. The molecule has 8 nitrogen and oxygen atoms in total. The van der Waals surface area contributed by atoms with Gasteiger partial charge >= 0.3 is 6.03 Å². The van der Waals surface area contributed by atoms with Crippen LogP contribution in [0.3, 0.4) is 0 Å². The highest BCUT2D eigenvalue weighted by atomic mass is 19.1. The number of imide groups is 1. The smallest absolute Gasteiger partial charge is 0.324 e. The van der Waals surface area contributed by atoms with Gasteiger partial charge in [0.25, 0.3) is 11.8 Å². The van der Waals surface area contributed by atoms with E-state index in [9.17, 15) is 23.6 Å². The van der Waals surface area contributed by atoms with Crippen molar-refractivity contribution in [2.24, 2.45) is 0 Å². The first-order valence-corrected chi connectivity index (χ1v) is 11.0. The van der Waals surface area contributed by atoms with Gasteiger partial charge in [-0.15, -0.1) is 0 Å². The first-order valence-electron chi connectivity index (χ1n) is 11.0. The minimum Gasteiger partial charge on any atom is -0.324 e. The van der Waals surface area contributed by atoms with Gasteiger partial charge in [-0.25, -0.2) is 9.18 Å². The number of urea groups is 1. The van der Waals surface area contributed by atoms with Crippen molar-refractivity contribution in [1.29, 1.82) is 0 Å². The summed E-state index contributed by atoms with van der Waals surface area (Å²) in [6, 6.07) is 11.1. The summed E-state index contributed by atoms with van der Waals surface area (Å²) in [5, 5.41) is 8.08. The Labute approximate surface area is 190 Å². The molecule has 1 saturated heterocycles. The van der Waals surface area contributed by atoms with E-state index in [1.807, 2.05) is 0 Å². The van der Waals surface area contributed by atoms with Crippen molar-refractivity contribution in [2.75, 3.05) is 17.2 Å². The molecule has 1 spiro atoms. The molecular formula is C24H25FN4O4. The van der Waals surface area contributed by atoms with Crippen LogP contribution in [-0.2, 0) is 9.59 Å². The Bertz CT molecular complexity index is 1080. The molecule has 2 aromatic rings. The van der Waals surface area contributed by atoms with Crippen LogP contribution < -0.4 is 16.0 Å². The van der Waals surface area contributed by atoms with Gasteiger partial charge in [0.2, 0.25) is 5.91 Å². The van der Waals surface area contributed by atoms with Gasteiger partial charge in [-0.05, 0) is 49.2 Å². The van der Waals surface area contributed by atoms with Gasteiger partial charge in [0.05, 0.1) is 11.3 Å². The summed E-state index contributed by atoms with van der Waals surface area (Å²) in [7, 11) is 0. The Balaban J connectivity index is 1.44. The molecule has 1 aliphatic heterocycles. The lowest BCUT2D eigenvalue weighted by atomic mass is 9.90. The number of rotatable bonds is 5. The fourth-order valence-corrected chi connectivity index (χ4v) is 4.35. The summed E-state index contributed by atoms with van der Waals surface area (Å²) in [5.41, 5.74) is -0.0950. The van der Waals surface area contributed by atoms with Crippen LogP contribution in [-0.4, -0.2) is 40.7 Å². The highest BCUT2D eigenvalue weighted by molar-refractivity contribution is 6.12. The molecular weight excluding hydrogens is 427 g/mol. The van der Waals surface area contributed by atoms with Crippen molar-refractivity contribution in [1.82, 2.24) is 10.2 Å². The van der Waals surface area contributed by atoms with Crippen LogP contribution in [0.4, 0.5) is 20.6 Å². The Kier molecular flexibility index (Phi) is 6.39. The second kappa shape index (κ2) is 9.40. The third kappa shape index (κ3) is 4.87. The van der Waals surface area contributed by atoms with Crippen LogP contribution >= 0.6 is 0 Å². The van der Waals surface area contributed by atoms with Crippen LogP contribution in [0, 0.1) is 5.82 Å².